The normalized spacial score (nSPS) is 14.2. The van der Waals surface area contributed by atoms with Crippen molar-refractivity contribution in [3.8, 4) is 10.4 Å². The third kappa shape index (κ3) is 3.06. The lowest BCUT2D eigenvalue weighted by molar-refractivity contribution is 0.0992. The molecule has 0 N–H and O–H groups in total. The summed E-state index contributed by atoms with van der Waals surface area (Å²) in [7, 11) is -3.37. The molecule has 4 rings (SSSR count). The Hall–Kier alpha value is -2.44. The second kappa shape index (κ2) is 7.18. The predicted molar refractivity (Wildman–Crippen MR) is 114 cm³/mol. The fourth-order valence-electron chi connectivity index (χ4n) is 3.71. The Balaban J connectivity index is 1.78. The highest BCUT2D eigenvalue weighted by molar-refractivity contribution is 7.91. The van der Waals surface area contributed by atoms with Crippen LogP contribution < -0.4 is 4.90 Å². The molecule has 0 unspecified atom stereocenters. The highest BCUT2D eigenvalue weighted by Gasteiger charge is 2.31. The summed E-state index contributed by atoms with van der Waals surface area (Å²) in [5.74, 6) is -0.140. The number of para-hydroxylation sites is 1. The summed E-state index contributed by atoms with van der Waals surface area (Å²) in [4.78, 5) is 16.9. The van der Waals surface area contributed by atoms with Crippen LogP contribution in [0.2, 0.25) is 0 Å². The molecule has 0 saturated heterocycles. The van der Waals surface area contributed by atoms with Gasteiger partial charge < -0.3 is 4.90 Å². The van der Waals surface area contributed by atoms with Crippen LogP contribution in [0.4, 0.5) is 5.69 Å². The van der Waals surface area contributed by atoms with E-state index in [0.717, 1.165) is 22.5 Å². The fourth-order valence-corrected chi connectivity index (χ4v) is 6.62. The zero-order chi connectivity index (χ0) is 19.9. The topological polar surface area (TPSA) is 54.5 Å². The van der Waals surface area contributed by atoms with Gasteiger partial charge in [0.1, 0.15) is 0 Å². The number of hydrogen-bond donors (Lipinski definition) is 0. The highest BCUT2D eigenvalue weighted by Crippen LogP contribution is 2.43. The second-order valence-electron chi connectivity index (χ2n) is 6.75. The number of carbonyl (C=O) groups is 1. The minimum Gasteiger partial charge on any atom is -0.308 e. The summed E-state index contributed by atoms with van der Waals surface area (Å²) < 4.78 is 25.2. The summed E-state index contributed by atoms with van der Waals surface area (Å²) in [5.41, 5.74) is 3.44. The van der Waals surface area contributed by atoms with Gasteiger partial charge in [0.15, 0.2) is 9.84 Å². The van der Waals surface area contributed by atoms with Gasteiger partial charge in [-0.2, -0.15) is 0 Å². The number of hydrogen-bond acceptors (Lipinski definition) is 4. The standard InChI is InChI=1S/C22H21NO3S2/c1-3-15-9-5-7-11-18(15)23(4-2)22(24)19-13-16-14-28(25,26)20-12-8-6-10-17(20)21(16)27-19/h5-13H,3-4,14H2,1-2H3. The van der Waals surface area contributed by atoms with E-state index >= 15 is 0 Å². The first-order valence-corrected chi connectivity index (χ1v) is 11.8. The van der Waals surface area contributed by atoms with E-state index in [2.05, 4.69) is 6.92 Å². The maximum atomic E-state index is 13.3. The first-order chi connectivity index (χ1) is 13.5. The Kier molecular flexibility index (Phi) is 4.85. The molecule has 28 heavy (non-hydrogen) atoms. The Labute approximate surface area is 169 Å². The molecule has 1 aliphatic rings. The number of sulfone groups is 1. The number of benzene rings is 2. The smallest absolute Gasteiger partial charge is 0.268 e. The number of thiophene rings is 1. The van der Waals surface area contributed by atoms with Gasteiger partial charge in [0.25, 0.3) is 5.91 Å². The van der Waals surface area contributed by atoms with Gasteiger partial charge in [-0.15, -0.1) is 11.3 Å². The molecule has 1 aliphatic heterocycles. The van der Waals surface area contributed by atoms with E-state index in [-0.39, 0.29) is 11.7 Å². The first-order valence-electron chi connectivity index (χ1n) is 9.31. The lowest BCUT2D eigenvalue weighted by atomic mass is 10.1. The lowest BCUT2D eigenvalue weighted by Crippen LogP contribution is -2.30. The summed E-state index contributed by atoms with van der Waals surface area (Å²) in [6, 6.07) is 16.7. The number of amides is 1. The molecule has 0 saturated carbocycles. The van der Waals surface area contributed by atoms with Crippen molar-refractivity contribution in [1.29, 1.82) is 0 Å². The van der Waals surface area contributed by atoms with Gasteiger partial charge in [-0.1, -0.05) is 43.3 Å². The largest absolute Gasteiger partial charge is 0.308 e. The number of carbonyl (C=O) groups excluding carboxylic acids is 1. The van der Waals surface area contributed by atoms with Gasteiger partial charge in [-0.3, -0.25) is 4.79 Å². The molecule has 0 spiro atoms. The van der Waals surface area contributed by atoms with E-state index in [1.54, 1.807) is 23.1 Å². The van der Waals surface area contributed by atoms with E-state index in [1.807, 2.05) is 43.3 Å². The molecule has 0 atom stereocenters. The summed E-state index contributed by atoms with van der Waals surface area (Å²) >= 11 is 1.38. The summed E-state index contributed by atoms with van der Waals surface area (Å²) in [5, 5.41) is 0. The molecule has 2 heterocycles. The van der Waals surface area contributed by atoms with E-state index in [0.29, 0.717) is 27.4 Å². The molecule has 0 bridgehead atoms. The molecular weight excluding hydrogens is 390 g/mol. The van der Waals surface area contributed by atoms with E-state index in [1.165, 1.54) is 11.3 Å². The molecule has 144 valence electrons. The average molecular weight is 412 g/mol. The molecule has 0 aliphatic carbocycles. The molecule has 1 amide bonds. The van der Waals surface area contributed by atoms with Gasteiger partial charge in [0, 0.05) is 22.7 Å². The zero-order valence-corrected chi connectivity index (χ0v) is 17.4. The van der Waals surface area contributed by atoms with Crippen LogP contribution in [0, 0.1) is 0 Å². The Morgan fingerprint density at radius 3 is 2.54 bits per heavy atom. The number of anilines is 1. The predicted octanol–water partition coefficient (Wildman–Crippen LogP) is 4.93. The van der Waals surface area contributed by atoms with Gasteiger partial charge in [0.05, 0.1) is 15.5 Å². The van der Waals surface area contributed by atoms with Crippen LogP contribution >= 0.6 is 11.3 Å². The number of nitrogens with zero attached hydrogens (tertiary/aromatic N) is 1. The van der Waals surface area contributed by atoms with Crippen molar-refractivity contribution in [2.45, 2.75) is 30.9 Å². The molecule has 0 radical (unpaired) electrons. The molecular formula is C22H21NO3S2. The van der Waals surface area contributed by atoms with Crippen LogP contribution in [0.15, 0.2) is 59.5 Å². The van der Waals surface area contributed by atoms with Crippen LogP contribution in [0.5, 0.6) is 0 Å². The minimum atomic E-state index is -3.37. The number of aryl methyl sites for hydroxylation is 1. The number of fused-ring (bicyclic) bond motifs is 3. The third-order valence-corrected chi connectivity index (χ3v) is 7.97. The third-order valence-electron chi connectivity index (χ3n) is 5.06. The zero-order valence-electron chi connectivity index (χ0n) is 15.8. The van der Waals surface area contributed by atoms with Crippen molar-refractivity contribution in [2.75, 3.05) is 11.4 Å². The minimum absolute atomic E-state index is 0.0548. The average Bonchev–Trinajstić information content (AvgIpc) is 3.12. The van der Waals surface area contributed by atoms with Crippen molar-refractivity contribution in [3.63, 3.8) is 0 Å². The van der Waals surface area contributed by atoms with Gasteiger partial charge in [-0.25, -0.2) is 8.42 Å². The SMILES string of the molecule is CCc1ccccc1N(CC)C(=O)c1cc2c(s1)-c1ccccc1S(=O)(=O)C2. The molecule has 4 nitrogen and oxygen atoms in total. The Morgan fingerprint density at radius 2 is 1.79 bits per heavy atom. The second-order valence-corrected chi connectivity index (χ2v) is 9.76. The van der Waals surface area contributed by atoms with Crippen LogP contribution in [-0.2, 0) is 22.0 Å². The summed E-state index contributed by atoms with van der Waals surface area (Å²) in [6.45, 7) is 4.58. The van der Waals surface area contributed by atoms with Crippen molar-refractivity contribution >= 4 is 32.8 Å². The van der Waals surface area contributed by atoms with Gasteiger partial charge in [-0.05, 0) is 42.7 Å². The van der Waals surface area contributed by atoms with Gasteiger partial charge in [0.2, 0.25) is 0 Å². The maximum Gasteiger partial charge on any atom is 0.268 e. The van der Waals surface area contributed by atoms with Gasteiger partial charge >= 0.3 is 0 Å². The van der Waals surface area contributed by atoms with Crippen LogP contribution in [0.25, 0.3) is 10.4 Å². The lowest BCUT2D eigenvalue weighted by Gasteiger charge is -2.23. The van der Waals surface area contributed by atoms with E-state index < -0.39 is 9.84 Å². The van der Waals surface area contributed by atoms with Crippen molar-refractivity contribution in [2.24, 2.45) is 0 Å². The fraction of sp³-hybridized carbons (Fsp3) is 0.227. The maximum absolute atomic E-state index is 13.3. The molecule has 1 aromatic heterocycles. The monoisotopic (exact) mass is 411 g/mol. The van der Waals surface area contributed by atoms with Crippen molar-refractivity contribution in [3.05, 3.63) is 70.6 Å². The van der Waals surface area contributed by atoms with Crippen LogP contribution in [0.1, 0.15) is 34.6 Å². The highest BCUT2D eigenvalue weighted by atomic mass is 32.2. The summed E-state index contributed by atoms with van der Waals surface area (Å²) in [6.07, 6.45) is 0.840. The molecule has 6 heteroatoms. The van der Waals surface area contributed by atoms with E-state index in [4.69, 9.17) is 0 Å². The Bertz CT molecular complexity index is 1160. The number of rotatable bonds is 4. The van der Waals surface area contributed by atoms with Crippen molar-refractivity contribution in [1.82, 2.24) is 0 Å². The van der Waals surface area contributed by atoms with Crippen LogP contribution in [0.3, 0.4) is 0 Å². The Morgan fingerprint density at radius 1 is 1.07 bits per heavy atom. The van der Waals surface area contributed by atoms with E-state index in [9.17, 15) is 13.2 Å². The van der Waals surface area contributed by atoms with Crippen LogP contribution in [-0.4, -0.2) is 20.9 Å². The molecule has 3 aromatic rings. The molecule has 0 fully saturated rings. The molecule has 2 aromatic carbocycles. The quantitative estimate of drug-likeness (QED) is 0.612. The van der Waals surface area contributed by atoms with Crippen molar-refractivity contribution < 1.29 is 13.2 Å². The first kappa shape index (κ1) is 18.9.